The molecular weight excluding hydrogens is 514 g/mol. The van der Waals surface area contributed by atoms with Gasteiger partial charge in [-0.2, -0.15) is 0 Å². The summed E-state index contributed by atoms with van der Waals surface area (Å²) in [4.78, 5) is 27.6. The fourth-order valence-electron chi connectivity index (χ4n) is 4.37. The number of allylic oxidation sites excluding steroid dienone is 4. The maximum atomic E-state index is 11.5. The van der Waals surface area contributed by atoms with Gasteiger partial charge < -0.3 is 20.1 Å². The number of aromatic nitrogens is 1. The lowest BCUT2D eigenvalue weighted by Crippen LogP contribution is -2.04. The van der Waals surface area contributed by atoms with Crippen molar-refractivity contribution < 1.29 is 29.6 Å². The second kappa shape index (κ2) is 18.3. The van der Waals surface area contributed by atoms with Crippen LogP contribution in [0.4, 0.5) is 0 Å². The number of carboxylic acid groups (broad SMARTS) is 2. The number of rotatable bonds is 20. The second-order valence-electron chi connectivity index (χ2n) is 9.74. The third kappa shape index (κ3) is 12.2. The van der Waals surface area contributed by atoms with Crippen LogP contribution in [0.2, 0.25) is 0 Å². The van der Waals surface area contributed by atoms with Gasteiger partial charge in [0.1, 0.15) is 11.3 Å². The summed E-state index contributed by atoms with van der Waals surface area (Å²) in [5.74, 6) is -2.07. The monoisotopic (exact) mass is 557 g/mol. The Labute approximate surface area is 236 Å². The van der Waals surface area contributed by atoms with Crippen LogP contribution in [0.15, 0.2) is 47.4 Å². The lowest BCUT2D eigenvalue weighted by Gasteiger charge is -2.15. The Morgan fingerprint density at radius 3 is 2.33 bits per heavy atom. The highest BCUT2D eigenvalue weighted by Crippen LogP contribution is 2.36. The number of thioether (sulfide) groups is 1. The van der Waals surface area contributed by atoms with Crippen molar-refractivity contribution in [3.05, 3.63) is 48.1 Å². The smallest absolute Gasteiger partial charge is 0.341 e. The van der Waals surface area contributed by atoms with Crippen molar-refractivity contribution in [1.29, 1.82) is 0 Å². The zero-order valence-electron chi connectivity index (χ0n) is 23.2. The number of nitrogens with zero attached hydrogens (tertiary/aromatic N) is 1. The molecular formula is C31H43NO6S. The van der Waals surface area contributed by atoms with E-state index >= 15 is 0 Å². The maximum Gasteiger partial charge on any atom is 0.341 e. The molecule has 1 aromatic carbocycles. The van der Waals surface area contributed by atoms with Gasteiger partial charge >= 0.3 is 11.9 Å². The van der Waals surface area contributed by atoms with Gasteiger partial charge in [0.25, 0.3) is 0 Å². The molecule has 0 saturated carbocycles. The Balaban J connectivity index is 1.96. The molecule has 0 aliphatic carbocycles. The molecule has 1 aromatic heterocycles. The molecule has 39 heavy (non-hydrogen) atoms. The molecule has 0 unspecified atom stereocenters. The highest BCUT2D eigenvalue weighted by molar-refractivity contribution is 8.00. The molecule has 8 heteroatoms. The molecule has 0 radical (unpaired) electrons. The van der Waals surface area contributed by atoms with Gasteiger partial charge in [-0.15, -0.1) is 11.8 Å². The van der Waals surface area contributed by atoms with Gasteiger partial charge in [-0.1, -0.05) is 76.2 Å². The van der Waals surface area contributed by atoms with E-state index in [0.29, 0.717) is 23.7 Å². The molecule has 2 rings (SSSR count). The van der Waals surface area contributed by atoms with E-state index in [0.717, 1.165) is 17.7 Å². The Morgan fingerprint density at radius 2 is 1.67 bits per heavy atom. The number of ether oxygens (including phenoxy) is 1. The SMILES string of the molecule is CCCCCCCCCCC=CC=CC[C@H](CCCC(=O)O)Sc1cc(O)c2cc(C(=O)O)c(OC)nc2c1. The summed E-state index contributed by atoms with van der Waals surface area (Å²) in [7, 11) is 1.36. The third-order valence-corrected chi connectivity index (χ3v) is 7.77. The number of aromatic carboxylic acids is 1. The molecule has 0 amide bonds. The molecule has 0 fully saturated rings. The van der Waals surface area contributed by atoms with Crippen molar-refractivity contribution in [2.45, 2.75) is 101 Å². The molecule has 7 nitrogen and oxygen atoms in total. The summed E-state index contributed by atoms with van der Waals surface area (Å²) >= 11 is 1.55. The van der Waals surface area contributed by atoms with Crippen LogP contribution in [0.25, 0.3) is 10.9 Å². The van der Waals surface area contributed by atoms with E-state index < -0.39 is 11.9 Å². The number of benzene rings is 1. The Bertz CT molecular complexity index is 1110. The van der Waals surface area contributed by atoms with Crippen LogP contribution in [0.1, 0.15) is 101 Å². The minimum atomic E-state index is -1.18. The number of fused-ring (bicyclic) bond motifs is 1. The van der Waals surface area contributed by atoms with Crippen LogP contribution in [-0.4, -0.2) is 44.6 Å². The zero-order valence-corrected chi connectivity index (χ0v) is 24.0. The van der Waals surface area contributed by atoms with Gasteiger partial charge in [0.05, 0.1) is 12.6 Å². The van der Waals surface area contributed by atoms with E-state index in [1.807, 2.05) is 6.08 Å². The summed E-state index contributed by atoms with van der Waals surface area (Å²) in [5, 5.41) is 29.5. The normalized spacial score (nSPS) is 12.5. The number of hydrogen-bond acceptors (Lipinski definition) is 6. The molecule has 0 bridgehead atoms. The number of pyridine rings is 1. The topological polar surface area (TPSA) is 117 Å². The zero-order chi connectivity index (χ0) is 28.5. The molecule has 2 aromatic rings. The number of phenolic OH excluding ortho intramolecular Hbond substituents is 1. The Morgan fingerprint density at radius 1 is 0.974 bits per heavy atom. The molecule has 0 aliphatic heterocycles. The van der Waals surface area contributed by atoms with Crippen molar-refractivity contribution >= 4 is 34.6 Å². The number of aromatic hydroxyl groups is 1. The van der Waals surface area contributed by atoms with Crippen LogP contribution in [0.3, 0.4) is 0 Å². The molecule has 214 valence electrons. The van der Waals surface area contributed by atoms with E-state index in [1.165, 1.54) is 64.5 Å². The molecule has 1 heterocycles. The van der Waals surface area contributed by atoms with Gasteiger partial charge in [-0.05, 0) is 50.3 Å². The van der Waals surface area contributed by atoms with Crippen molar-refractivity contribution in [3.8, 4) is 11.6 Å². The summed E-state index contributed by atoms with van der Waals surface area (Å²) in [5.41, 5.74) is 0.316. The van der Waals surface area contributed by atoms with Crippen molar-refractivity contribution in [3.63, 3.8) is 0 Å². The Hall–Kier alpha value is -3.00. The first-order valence-corrected chi connectivity index (χ1v) is 14.9. The second-order valence-corrected chi connectivity index (χ2v) is 11.1. The summed E-state index contributed by atoms with van der Waals surface area (Å²) in [6, 6.07) is 4.76. The molecule has 1 atom stereocenters. The predicted molar refractivity (Wildman–Crippen MR) is 158 cm³/mol. The van der Waals surface area contributed by atoms with Gasteiger partial charge in [0, 0.05) is 22.0 Å². The van der Waals surface area contributed by atoms with Crippen LogP contribution in [-0.2, 0) is 4.79 Å². The largest absolute Gasteiger partial charge is 0.507 e. The quantitative estimate of drug-likeness (QED) is 0.0844. The summed E-state index contributed by atoms with van der Waals surface area (Å²) in [6.07, 6.45) is 22.1. The number of unbranched alkanes of at least 4 members (excludes halogenated alkanes) is 8. The van der Waals surface area contributed by atoms with Gasteiger partial charge in [0.2, 0.25) is 5.88 Å². The van der Waals surface area contributed by atoms with E-state index in [2.05, 4.69) is 30.1 Å². The fraction of sp³-hybridized carbons (Fsp3) is 0.516. The van der Waals surface area contributed by atoms with Crippen LogP contribution < -0.4 is 4.74 Å². The Kier molecular flexibility index (Phi) is 15.1. The number of methoxy groups -OCH3 is 1. The average molecular weight is 558 g/mol. The van der Waals surface area contributed by atoms with Crippen LogP contribution in [0, 0.1) is 0 Å². The summed E-state index contributed by atoms with van der Waals surface area (Å²) in [6.45, 7) is 2.24. The number of hydrogen-bond donors (Lipinski definition) is 3. The molecule has 3 N–H and O–H groups in total. The van der Waals surface area contributed by atoms with E-state index in [1.54, 1.807) is 23.9 Å². The van der Waals surface area contributed by atoms with Crippen LogP contribution >= 0.6 is 11.8 Å². The minimum Gasteiger partial charge on any atom is -0.507 e. The fourth-order valence-corrected chi connectivity index (χ4v) is 5.61. The summed E-state index contributed by atoms with van der Waals surface area (Å²) < 4.78 is 5.13. The molecule has 0 saturated heterocycles. The van der Waals surface area contributed by atoms with E-state index in [4.69, 9.17) is 9.84 Å². The van der Waals surface area contributed by atoms with Gasteiger partial charge in [-0.25, -0.2) is 9.78 Å². The third-order valence-electron chi connectivity index (χ3n) is 6.50. The average Bonchev–Trinajstić information content (AvgIpc) is 2.90. The lowest BCUT2D eigenvalue weighted by atomic mass is 10.1. The van der Waals surface area contributed by atoms with E-state index in [9.17, 15) is 19.8 Å². The predicted octanol–water partition coefficient (Wildman–Crippen LogP) is 8.40. The van der Waals surface area contributed by atoms with Crippen LogP contribution in [0.5, 0.6) is 11.6 Å². The first-order chi connectivity index (χ1) is 18.8. The molecule has 0 aliphatic rings. The first-order valence-electron chi connectivity index (χ1n) is 14.0. The number of aliphatic carboxylic acids is 1. The number of carbonyl (C=O) groups is 2. The van der Waals surface area contributed by atoms with Gasteiger partial charge in [-0.3, -0.25) is 4.79 Å². The van der Waals surface area contributed by atoms with Crippen molar-refractivity contribution in [2.24, 2.45) is 0 Å². The molecule has 0 spiro atoms. The number of carboxylic acids is 2. The highest BCUT2D eigenvalue weighted by Gasteiger charge is 2.18. The highest BCUT2D eigenvalue weighted by atomic mass is 32.2. The number of phenols is 1. The maximum absolute atomic E-state index is 11.5. The standard InChI is InChI=1S/C31H43NO6S/c1-3-4-5-6-7-8-9-10-11-12-13-14-15-17-23(18-16-19-29(34)35)39-24-20-27-25(28(33)21-24)22-26(31(36)37)30(32-27)38-2/h12-15,20-23,33H,3-11,16-19H2,1-2H3,(H,34,35)(H,36,37)/t23-/m1/s1. The lowest BCUT2D eigenvalue weighted by molar-refractivity contribution is -0.137. The van der Waals surface area contributed by atoms with Crippen molar-refractivity contribution in [1.82, 2.24) is 4.98 Å². The van der Waals surface area contributed by atoms with Crippen molar-refractivity contribution in [2.75, 3.05) is 7.11 Å². The first kappa shape index (κ1) is 32.2. The minimum absolute atomic E-state index is 0.0174. The van der Waals surface area contributed by atoms with Gasteiger partial charge in [0.15, 0.2) is 0 Å². The van der Waals surface area contributed by atoms with E-state index in [-0.39, 0.29) is 28.9 Å².